The van der Waals surface area contributed by atoms with Gasteiger partial charge in [0.15, 0.2) is 5.78 Å². The molecule has 164 valence electrons. The molecule has 1 aromatic carbocycles. The van der Waals surface area contributed by atoms with Crippen molar-refractivity contribution in [1.29, 1.82) is 0 Å². The fourth-order valence-corrected chi connectivity index (χ4v) is 4.32. The monoisotopic (exact) mass is 443 g/mol. The molecule has 2 heterocycles. The minimum atomic E-state index is -0.867. The molecule has 0 spiro atoms. The molecule has 1 N–H and O–H groups in total. The van der Waals surface area contributed by atoms with Crippen LogP contribution in [0.4, 0.5) is 4.39 Å². The summed E-state index contributed by atoms with van der Waals surface area (Å²) in [5.74, 6) is -1.10. The third kappa shape index (κ3) is 5.25. The van der Waals surface area contributed by atoms with Gasteiger partial charge in [0.05, 0.1) is 24.7 Å². The lowest BCUT2D eigenvalue weighted by molar-refractivity contribution is -0.137. The lowest BCUT2D eigenvalue weighted by atomic mass is 9.93. The van der Waals surface area contributed by atoms with Crippen LogP contribution < -0.4 is 0 Å². The number of piperidine rings is 1. The molecular formula is C23H26FN3O3S. The fraction of sp³-hybridized carbons (Fsp3) is 0.435. The molecule has 1 saturated carbocycles. The van der Waals surface area contributed by atoms with E-state index < -0.39 is 12.0 Å². The van der Waals surface area contributed by atoms with Crippen molar-refractivity contribution in [2.75, 3.05) is 13.1 Å². The number of carboxylic acid groups (broad SMARTS) is 1. The van der Waals surface area contributed by atoms with Crippen molar-refractivity contribution < 1.29 is 19.1 Å². The highest BCUT2D eigenvalue weighted by Crippen LogP contribution is 2.39. The maximum Gasteiger partial charge on any atom is 0.305 e. The van der Waals surface area contributed by atoms with E-state index in [1.165, 1.54) is 6.07 Å². The first-order valence-corrected chi connectivity index (χ1v) is 11.1. The number of hydrogen-bond donors (Lipinski definition) is 2. The zero-order valence-electron chi connectivity index (χ0n) is 17.2. The summed E-state index contributed by atoms with van der Waals surface area (Å²) in [6.07, 6.45) is 6.21. The van der Waals surface area contributed by atoms with E-state index in [0.717, 1.165) is 30.5 Å². The van der Waals surface area contributed by atoms with E-state index in [-0.39, 0.29) is 29.2 Å². The van der Waals surface area contributed by atoms with Crippen LogP contribution >= 0.6 is 12.6 Å². The summed E-state index contributed by atoms with van der Waals surface area (Å²) >= 11 is 4.72. The fourth-order valence-electron chi connectivity index (χ4n) is 4.05. The predicted molar refractivity (Wildman–Crippen MR) is 118 cm³/mol. The Hall–Kier alpha value is -2.45. The van der Waals surface area contributed by atoms with E-state index in [1.807, 2.05) is 12.1 Å². The maximum absolute atomic E-state index is 14.6. The number of benzene rings is 1. The molecular weight excluding hydrogens is 417 g/mol. The number of aryl methyl sites for hydroxylation is 1. The third-order valence-electron chi connectivity index (χ3n) is 5.87. The molecule has 1 unspecified atom stereocenters. The Morgan fingerprint density at radius 2 is 2.03 bits per heavy atom. The molecule has 1 aromatic heterocycles. The topological polar surface area (TPSA) is 75.4 Å². The second kappa shape index (κ2) is 9.36. The smallest absolute Gasteiger partial charge is 0.305 e. The van der Waals surface area contributed by atoms with E-state index >= 15 is 0 Å². The van der Waals surface area contributed by atoms with Gasteiger partial charge >= 0.3 is 5.97 Å². The molecule has 2 aliphatic rings. The van der Waals surface area contributed by atoms with Crippen LogP contribution in [0.2, 0.25) is 0 Å². The highest BCUT2D eigenvalue weighted by Gasteiger charge is 2.40. The first kappa shape index (κ1) is 21.8. The summed E-state index contributed by atoms with van der Waals surface area (Å²) in [4.78, 5) is 25.9. The number of nitrogens with zero attached hydrogens (tertiary/aromatic N) is 3. The molecule has 8 heteroatoms. The van der Waals surface area contributed by atoms with Crippen molar-refractivity contribution in [1.82, 2.24) is 14.7 Å². The average molecular weight is 444 g/mol. The minimum absolute atomic E-state index is 0.00819. The molecule has 1 saturated heterocycles. The van der Waals surface area contributed by atoms with Gasteiger partial charge in [0.1, 0.15) is 5.82 Å². The molecule has 4 rings (SSSR count). The molecule has 2 atom stereocenters. The van der Waals surface area contributed by atoms with Crippen molar-refractivity contribution >= 4 is 30.5 Å². The predicted octanol–water partition coefficient (Wildman–Crippen LogP) is 3.60. The number of likely N-dealkylation sites (tertiary alicyclic amines) is 1. The van der Waals surface area contributed by atoms with Crippen LogP contribution in [0.3, 0.4) is 0 Å². The first-order valence-electron chi connectivity index (χ1n) is 10.6. The third-order valence-corrected chi connectivity index (χ3v) is 6.46. The van der Waals surface area contributed by atoms with Gasteiger partial charge in [0, 0.05) is 36.0 Å². The molecule has 6 nitrogen and oxygen atoms in total. The van der Waals surface area contributed by atoms with Gasteiger partial charge in [-0.05, 0) is 43.0 Å². The van der Waals surface area contributed by atoms with Crippen molar-refractivity contribution in [2.45, 2.75) is 43.5 Å². The molecule has 2 fully saturated rings. The second-order valence-electron chi connectivity index (χ2n) is 8.24. The summed E-state index contributed by atoms with van der Waals surface area (Å²) in [6.45, 7) is 1.48. The number of Topliss-reactive ketones (excluding diaryl/α,β-unsaturated/α-hetero) is 1. The number of rotatable bonds is 8. The Morgan fingerprint density at radius 1 is 1.26 bits per heavy atom. The number of carbonyl (C=O) groups excluding carboxylic acids is 1. The Balaban J connectivity index is 1.56. The Labute approximate surface area is 186 Å². The number of ketones is 1. The lowest BCUT2D eigenvalue weighted by Crippen LogP contribution is -2.42. The van der Waals surface area contributed by atoms with E-state index in [9.17, 15) is 14.0 Å². The number of halogens is 1. The number of aromatic nitrogens is 2. The van der Waals surface area contributed by atoms with Gasteiger partial charge in [-0.15, -0.1) is 0 Å². The van der Waals surface area contributed by atoms with E-state index in [2.05, 4.69) is 10.00 Å². The van der Waals surface area contributed by atoms with Crippen LogP contribution in [0.25, 0.3) is 6.08 Å². The zero-order valence-corrected chi connectivity index (χ0v) is 18.0. The van der Waals surface area contributed by atoms with Gasteiger partial charge < -0.3 is 5.11 Å². The number of aliphatic carboxylic acids is 1. The molecule has 0 bridgehead atoms. The van der Waals surface area contributed by atoms with E-state index in [1.54, 1.807) is 29.1 Å². The van der Waals surface area contributed by atoms with Crippen LogP contribution in [0, 0.1) is 11.7 Å². The average Bonchev–Trinajstić information content (AvgIpc) is 3.50. The van der Waals surface area contributed by atoms with Gasteiger partial charge in [-0.25, -0.2) is 4.39 Å². The summed E-state index contributed by atoms with van der Waals surface area (Å²) in [7, 11) is 0. The molecule has 31 heavy (non-hydrogen) atoms. The minimum Gasteiger partial charge on any atom is -0.481 e. The highest BCUT2D eigenvalue weighted by molar-refractivity contribution is 7.81. The van der Waals surface area contributed by atoms with Gasteiger partial charge in [-0.1, -0.05) is 18.2 Å². The molecule has 2 aromatic rings. The van der Waals surface area contributed by atoms with E-state index in [0.29, 0.717) is 25.2 Å². The summed E-state index contributed by atoms with van der Waals surface area (Å²) < 4.78 is 16.2. The van der Waals surface area contributed by atoms with Crippen LogP contribution in [0.15, 0.2) is 42.1 Å². The Bertz CT molecular complexity index is 1000. The van der Waals surface area contributed by atoms with Crippen molar-refractivity contribution in [3.8, 4) is 0 Å². The second-order valence-corrected chi connectivity index (χ2v) is 8.87. The van der Waals surface area contributed by atoms with Gasteiger partial charge in [-0.3, -0.25) is 19.2 Å². The molecule has 0 amide bonds. The Morgan fingerprint density at radius 3 is 2.74 bits per heavy atom. The van der Waals surface area contributed by atoms with Crippen molar-refractivity contribution in [3.63, 3.8) is 0 Å². The molecule has 1 aliphatic heterocycles. The molecule has 0 radical (unpaired) electrons. The summed E-state index contributed by atoms with van der Waals surface area (Å²) in [6, 6.07) is 7.78. The highest BCUT2D eigenvalue weighted by atomic mass is 32.1. The number of carbonyl (C=O) groups is 2. The van der Waals surface area contributed by atoms with Crippen LogP contribution in [-0.2, 0) is 16.1 Å². The Kier molecular flexibility index (Phi) is 6.57. The summed E-state index contributed by atoms with van der Waals surface area (Å²) in [5, 5.41) is 13.3. The van der Waals surface area contributed by atoms with Gasteiger partial charge in [0.25, 0.3) is 0 Å². The van der Waals surface area contributed by atoms with Crippen LogP contribution in [0.1, 0.15) is 43.0 Å². The summed E-state index contributed by atoms with van der Waals surface area (Å²) in [5.41, 5.74) is 2.18. The van der Waals surface area contributed by atoms with Crippen LogP contribution in [0.5, 0.6) is 0 Å². The van der Waals surface area contributed by atoms with E-state index in [4.69, 9.17) is 17.7 Å². The number of thiol groups is 1. The number of carboxylic acids is 1. The van der Waals surface area contributed by atoms with Crippen molar-refractivity contribution in [2.24, 2.45) is 5.92 Å². The SMILES string of the molecule is O=C(O)CCn1ccc(/C=C2\CN(C(C(=O)C3CC3)c3ccccc3F)CC[C@@H]2S)n1. The molecule has 1 aliphatic carbocycles. The standard InChI is InChI=1S/C23H26FN3O3S/c24-19-4-2-1-3-18(19)22(23(30)15-5-6-15)26-10-8-20(31)16(14-26)13-17-7-11-27(25-17)12-9-21(28)29/h1-4,7,11,13,15,20,22,31H,5-6,8-10,12,14H2,(H,28,29)/b16-13+/t20-,22?/m0/s1. The first-order chi connectivity index (χ1) is 14.9. The quantitative estimate of drug-likeness (QED) is 0.610. The normalized spacial score (nSPS) is 21.9. The van der Waals surface area contributed by atoms with Gasteiger partial charge in [-0.2, -0.15) is 17.7 Å². The van der Waals surface area contributed by atoms with Crippen LogP contribution in [-0.4, -0.2) is 49.9 Å². The lowest BCUT2D eigenvalue weighted by Gasteiger charge is -2.37. The maximum atomic E-state index is 14.6. The number of hydrogen-bond acceptors (Lipinski definition) is 5. The zero-order chi connectivity index (χ0) is 22.0. The van der Waals surface area contributed by atoms with Gasteiger partial charge in [0.2, 0.25) is 0 Å². The largest absolute Gasteiger partial charge is 0.481 e. The van der Waals surface area contributed by atoms with Crippen molar-refractivity contribution in [3.05, 3.63) is 59.2 Å².